The van der Waals surface area contributed by atoms with Crippen LogP contribution in [-0.2, 0) is 4.74 Å². The molecule has 0 aliphatic carbocycles. The lowest BCUT2D eigenvalue weighted by atomic mass is 10.1. The van der Waals surface area contributed by atoms with Gasteiger partial charge in [-0.05, 0) is 31.2 Å². The van der Waals surface area contributed by atoms with E-state index in [1.807, 2.05) is 0 Å². The van der Waals surface area contributed by atoms with Gasteiger partial charge in [-0.2, -0.15) is 0 Å². The molecule has 0 spiro atoms. The van der Waals surface area contributed by atoms with E-state index in [1.54, 1.807) is 19.1 Å². The van der Waals surface area contributed by atoms with Crippen molar-refractivity contribution in [3.8, 4) is 0 Å². The van der Waals surface area contributed by atoms with Crippen LogP contribution in [-0.4, -0.2) is 19.6 Å². The number of rotatable bonds is 5. The van der Waals surface area contributed by atoms with Crippen LogP contribution in [0.1, 0.15) is 27.9 Å². The van der Waals surface area contributed by atoms with Crippen molar-refractivity contribution in [1.82, 2.24) is 5.32 Å². The number of methoxy groups -OCH3 is 1. The van der Waals surface area contributed by atoms with Crippen molar-refractivity contribution in [3.05, 3.63) is 58.8 Å². The monoisotopic (exact) mass is 313 g/mol. The molecular weight excluding hydrogens is 299 g/mol. The number of carbonyl (C=O) groups is 1. The quantitative estimate of drug-likeness (QED) is 0.863. The van der Waals surface area contributed by atoms with E-state index in [9.17, 15) is 18.0 Å². The average molecular weight is 313 g/mol. The summed E-state index contributed by atoms with van der Waals surface area (Å²) in [6.07, 6.45) is 0. The van der Waals surface area contributed by atoms with Gasteiger partial charge in [0.2, 0.25) is 0 Å². The van der Waals surface area contributed by atoms with Crippen LogP contribution in [0.3, 0.4) is 0 Å². The molecule has 0 saturated heterocycles. The topological polar surface area (TPSA) is 51.5 Å². The van der Waals surface area contributed by atoms with Gasteiger partial charge in [-0.25, -0.2) is 13.2 Å². The highest BCUT2D eigenvalue weighted by Crippen LogP contribution is 2.19. The number of furan rings is 1. The van der Waals surface area contributed by atoms with Crippen LogP contribution in [0, 0.1) is 24.4 Å². The molecule has 2 rings (SSSR count). The van der Waals surface area contributed by atoms with Gasteiger partial charge in [0.25, 0.3) is 5.91 Å². The maximum Gasteiger partial charge on any atom is 0.252 e. The molecule has 2 aromatic rings. The van der Waals surface area contributed by atoms with Gasteiger partial charge in [-0.15, -0.1) is 0 Å². The molecule has 1 amide bonds. The molecule has 0 radical (unpaired) electrons. The van der Waals surface area contributed by atoms with E-state index in [0.717, 1.165) is 0 Å². The molecule has 118 valence electrons. The van der Waals surface area contributed by atoms with Crippen molar-refractivity contribution in [2.45, 2.75) is 13.0 Å². The molecule has 0 aliphatic heterocycles. The number of hydrogen-bond donors (Lipinski definition) is 1. The Morgan fingerprint density at radius 2 is 1.91 bits per heavy atom. The molecule has 1 N–H and O–H groups in total. The zero-order valence-electron chi connectivity index (χ0n) is 12.0. The Labute approximate surface area is 124 Å². The molecular formula is C15H14F3NO3. The second-order valence-electron chi connectivity index (χ2n) is 4.68. The molecule has 0 unspecified atom stereocenters. The summed E-state index contributed by atoms with van der Waals surface area (Å²) < 4.78 is 49.6. The van der Waals surface area contributed by atoms with Gasteiger partial charge in [-0.1, -0.05) is 0 Å². The first-order valence-corrected chi connectivity index (χ1v) is 6.43. The first-order valence-electron chi connectivity index (χ1n) is 6.43. The SMILES string of the molecule is COC[C@@H](NC(=O)c1cc(F)c(F)c(F)c1)c1ccc(C)o1. The van der Waals surface area contributed by atoms with E-state index in [1.165, 1.54) is 7.11 Å². The molecule has 22 heavy (non-hydrogen) atoms. The van der Waals surface area contributed by atoms with Crippen molar-refractivity contribution in [1.29, 1.82) is 0 Å². The summed E-state index contributed by atoms with van der Waals surface area (Å²) in [5.74, 6) is -4.16. The molecule has 1 atom stereocenters. The zero-order valence-corrected chi connectivity index (χ0v) is 12.0. The minimum absolute atomic E-state index is 0.102. The van der Waals surface area contributed by atoms with Crippen molar-refractivity contribution in [2.75, 3.05) is 13.7 Å². The average Bonchev–Trinajstić information content (AvgIpc) is 2.90. The summed E-state index contributed by atoms with van der Waals surface area (Å²) in [6, 6.07) is 3.99. The molecule has 1 aromatic heterocycles. The Balaban J connectivity index is 2.21. The summed E-state index contributed by atoms with van der Waals surface area (Å²) in [5, 5.41) is 2.52. The minimum atomic E-state index is -1.62. The molecule has 7 heteroatoms. The number of benzene rings is 1. The molecule has 4 nitrogen and oxygen atoms in total. The van der Waals surface area contributed by atoms with Crippen LogP contribution in [0.4, 0.5) is 13.2 Å². The van der Waals surface area contributed by atoms with Crippen LogP contribution in [0.2, 0.25) is 0 Å². The first kappa shape index (κ1) is 16.1. The van der Waals surface area contributed by atoms with Gasteiger partial charge >= 0.3 is 0 Å². The van der Waals surface area contributed by atoms with Crippen molar-refractivity contribution in [2.24, 2.45) is 0 Å². The minimum Gasteiger partial charge on any atom is -0.464 e. The predicted octanol–water partition coefficient (Wildman–Crippen LogP) is 3.12. The van der Waals surface area contributed by atoms with Gasteiger partial charge in [-0.3, -0.25) is 4.79 Å². The first-order chi connectivity index (χ1) is 10.4. The Bertz CT molecular complexity index is 661. The predicted molar refractivity (Wildman–Crippen MR) is 71.8 cm³/mol. The normalized spacial score (nSPS) is 12.2. The lowest BCUT2D eigenvalue weighted by molar-refractivity contribution is 0.0881. The fourth-order valence-electron chi connectivity index (χ4n) is 1.93. The summed E-state index contributed by atoms with van der Waals surface area (Å²) in [4.78, 5) is 12.1. The highest BCUT2D eigenvalue weighted by atomic mass is 19.2. The van der Waals surface area contributed by atoms with Gasteiger partial charge in [0.15, 0.2) is 17.5 Å². The summed E-state index contributed by atoms with van der Waals surface area (Å²) >= 11 is 0. The van der Waals surface area contributed by atoms with E-state index in [-0.39, 0.29) is 12.2 Å². The van der Waals surface area contributed by atoms with E-state index < -0.39 is 29.4 Å². The number of halogens is 3. The Morgan fingerprint density at radius 1 is 1.27 bits per heavy atom. The number of aryl methyl sites for hydroxylation is 1. The number of ether oxygens (including phenoxy) is 1. The van der Waals surface area contributed by atoms with Crippen LogP contribution in [0.5, 0.6) is 0 Å². The Kier molecular flexibility index (Phi) is 4.87. The van der Waals surface area contributed by atoms with Crippen molar-refractivity contribution in [3.63, 3.8) is 0 Å². The molecule has 0 fully saturated rings. The van der Waals surface area contributed by atoms with Crippen LogP contribution in [0.15, 0.2) is 28.7 Å². The van der Waals surface area contributed by atoms with E-state index >= 15 is 0 Å². The molecule has 1 aromatic carbocycles. The third kappa shape index (κ3) is 3.48. The van der Waals surface area contributed by atoms with Gasteiger partial charge in [0.1, 0.15) is 17.6 Å². The van der Waals surface area contributed by atoms with Gasteiger partial charge < -0.3 is 14.5 Å². The van der Waals surface area contributed by atoms with E-state index in [0.29, 0.717) is 23.7 Å². The summed E-state index contributed by atoms with van der Waals surface area (Å²) in [5.41, 5.74) is -0.333. The second-order valence-corrected chi connectivity index (χ2v) is 4.68. The highest BCUT2D eigenvalue weighted by Gasteiger charge is 2.21. The number of nitrogens with one attached hydrogen (secondary N) is 1. The number of hydrogen-bond acceptors (Lipinski definition) is 3. The maximum absolute atomic E-state index is 13.2. The number of carbonyl (C=O) groups excluding carboxylic acids is 1. The fraction of sp³-hybridized carbons (Fsp3) is 0.267. The van der Waals surface area contributed by atoms with Crippen molar-refractivity contribution < 1.29 is 27.1 Å². The van der Waals surface area contributed by atoms with Crippen LogP contribution < -0.4 is 5.32 Å². The standard InChI is InChI=1S/C15H14F3NO3/c1-8-3-4-13(22-8)12(7-21-2)19-15(20)9-5-10(16)14(18)11(17)6-9/h3-6,12H,7H2,1-2H3,(H,19,20)/t12-/m1/s1. The third-order valence-corrected chi connectivity index (χ3v) is 2.99. The zero-order chi connectivity index (χ0) is 16.3. The summed E-state index contributed by atoms with van der Waals surface area (Å²) in [6.45, 7) is 1.84. The second kappa shape index (κ2) is 6.65. The largest absolute Gasteiger partial charge is 0.464 e. The molecule has 0 saturated carbocycles. The van der Waals surface area contributed by atoms with E-state index in [4.69, 9.17) is 9.15 Å². The third-order valence-electron chi connectivity index (χ3n) is 2.99. The molecule has 0 bridgehead atoms. The van der Waals surface area contributed by atoms with Crippen LogP contribution >= 0.6 is 0 Å². The Morgan fingerprint density at radius 3 is 2.41 bits per heavy atom. The van der Waals surface area contributed by atoms with E-state index in [2.05, 4.69) is 5.32 Å². The Hall–Kier alpha value is -2.28. The van der Waals surface area contributed by atoms with Crippen LogP contribution in [0.25, 0.3) is 0 Å². The highest BCUT2D eigenvalue weighted by molar-refractivity contribution is 5.94. The van der Waals surface area contributed by atoms with Gasteiger partial charge in [0.05, 0.1) is 6.61 Å². The lowest BCUT2D eigenvalue weighted by Gasteiger charge is -2.16. The van der Waals surface area contributed by atoms with Gasteiger partial charge in [0, 0.05) is 12.7 Å². The number of amides is 1. The molecule has 1 heterocycles. The maximum atomic E-state index is 13.2. The van der Waals surface area contributed by atoms with Crippen molar-refractivity contribution >= 4 is 5.91 Å². The smallest absolute Gasteiger partial charge is 0.252 e. The lowest BCUT2D eigenvalue weighted by Crippen LogP contribution is -2.31. The molecule has 0 aliphatic rings. The fourth-order valence-corrected chi connectivity index (χ4v) is 1.93. The summed E-state index contributed by atoms with van der Waals surface area (Å²) in [7, 11) is 1.44.